The molecule has 0 N–H and O–H groups in total. The van der Waals surface area contributed by atoms with E-state index in [0.29, 0.717) is 11.1 Å². The van der Waals surface area contributed by atoms with E-state index < -0.39 is 11.9 Å². The van der Waals surface area contributed by atoms with Crippen LogP contribution in [-0.4, -0.2) is 11.9 Å². The standard InChI is InChI=1S/C23H23NO4/c1-3-5-6-7-17-10-13-21(20(14-17)15-24)28-23(26)19-11-8-18(9-12-19)16-27-22(25)4-2/h4,8-14H,2-3,5-7,16H2,1H3. The molecule has 0 fully saturated rings. The second kappa shape index (κ2) is 10.7. The lowest BCUT2D eigenvalue weighted by Gasteiger charge is -2.09. The van der Waals surface area contributed by atoms with E-state index in [1.54, 1.807) is 36.4 Å². The number of nitriles is 1. The highest BCUT2D eigenvalue weighted by atomic mass is 16.5. The van der Waals surface area contributed by atoms with Gasteiger partial charge in [0.2, 0.25) is 0 Å². The van der Waals surface area contributed by atoms with Crippen molar-refractivity contribution in [2.24, 2.45) is 0 Å². The van der Waals surface area contributed by atoms with E-state index >= 15 is 0 Å². The van der Waals surface area contributed by atoms with Crippen LogP contribution in [0.15, 0.2) is 55.1 Å². The smallest absolute Gasteiger partial charge is 0.343 e. The number of carbonyl (C=O) groups is 2. The maximum atomic E-state index is 12.4. The van der Waals surface area contributed by atoms with Crippen molar-refractivity contribution in [3.63, 3.8) is 0 Å². The maximum absolute atomic E-state index is 12.4. The number of rotatable bonds is 9. The Kier molecular flexibility index (Phi) is 7.98. The molecule has 2 aromatic carbocycles. The van der Waals surface area contributed by atoms with Crippen molar-refractivity contribution in [3.8, 4) is 11.8 Å². The molecular formula is C23H23NO4. The summed E-state index contributed by atoms with van der Waals surface area (Å²) >= 11 is 0. The van der Waals surface area contributed by atoms with Crippen LogP contribution in [0.2, 0.25) is 0 Å². The number of hydrogen-bond acceptors (Lipinski definition) is 5. The van der Waals surface area contributed by atoms with Crippen molar-refractivity contribution in [3.05, 3.63) is 77.4 Å². The molecular weight excluding hydrogens is 354 g/mol. The van der Waals surface area contributed by atoms with E-state index in [1.165, 1.54) is 0 Å². The molecule has 0 saturated carbocycles. The molecule has 5 heteroatoms. The molecule has 144 valence electrons. The zero-order valence-corrected chi connectivity index (χ0v) is 15.9. The molecule has 0 aromatic heterocycles. The van der Waals surface area contributed by atoms with Gasteiger partial charge in [-0.05, 0) is 48.2 Å². The molecule has 0 radical (unpaired) electrons. The highest BCUT2D eigenvalue weighted by Crippen LogP contribution is 2.22. The number of hydrogen-bond donors (Lipinski definition) is 0. The second-order valence-electron chi connectivity index (χ2n) is 6.30. The molecule has 0 aliphatic carbocycles. The van der Waals surface area contributed by atoms with E-state index in [4.69, 9.17) is 9.47 Å². The van der Waals surface area contributed by atoms with Gasteiger partial charge in [0.25, 0.3) is 0 Å². The molecule has 0 unspecified atom stereocenters. The Bertz CT molecular complexity index is 878. The molecule has 5 nitrogen and oxygen atoms in total. The van der Waals surface area contributed by atoms with Gasteiger partial charge in [-0.2, -0.15) is 5.26 Å². The molecule has 0 spiro atoms. The summed E-state index contributed by atoms with van der Waals surface area (Å²) in [6.45, 7) is 5.57. The fourth-order valence-corrected chi connectivity index (χ4v) is 2.60. The van der Waals surface area contributed by atoms with Crippen LogP contribution in [0.25, 0.3) is 0 Å². The Hall–Kier alpha value is -3.39. The molecule has 0 atom stereocenters. The zero-order valence-electron chi connectivity index (χ0n) is 15.9. The molecule has 2 rings (SSSR count). The first-order valence-electron chi connectivity index (χ1n) is 9.20. The second-order valence-corrected chi connectivity index (χ2v) is 6.30. The van der Waals surface area contributed by atoms with Crippen LogP contribution in [0.5, 0.6) is 5.75 Å². The minimum Gasteiger partial charge on any atom is -0.458 e. The van der Waals surface area contributed by atoms with Gasteiger partial charge in [0.1, 0.15) is 18.4 Å². The monoisotopic (exact) mass is 377 g/mol. The quantitative estimate of drug-likeness (QED) is 0.273. The van der Waals surface area contributed by atoms with Gasteiger partial charge in [-0.25, -0.2) is 9.59 Å². The highest BCUT2D eigenvalue weighted by molar-refractivity contribution is 5.91. The lowest BCUT2D eigenvalue weighted by Crippen LogP contribution is -2.10. The van der Waals surface area contributed by atoms with Gasteiger partial charge in [0.15, 0.2) is 0 Å². The minimum atomic E-state index is -0.551. The molecule has 0 saturated heterocycles. The summed E-state index contributed by atoms with van der Waals surface area (Å²) in [5, 5.41) is 9.37. The van der Waals surface area contributed by atoms with Gasteiger partial charge in [0, 0.05) is 6.08 Å². The van der Waals surface area contributed by atoms with Gasteiger partial charge in [-0.3, -0.25) is 0 Å². The molecule has 0 amide bonds. The van der Waals surface area contributed by atoms with Gasteiger partial charge in [-0.15, -0.1) is 0 Å². The van der Waals surface area contributed by atoms with Crippen LogP contribution in [0, 0.1) is 11.3 Å². The minimum absolute atomic E-state index is 0.0955. The van der Waals surface area contributed by atoms with Crippen LogP contribution < -0.4 is 4.74 Å². The lowest BCUT2D eigenvalue weighted by atomic mass is 10.0. The van der Waals surface area contributed by atoms with Crippen LogP contribution in [0.1, 0.15) is 53.2 Å². The summed E-state index contributed by atoms with van der Waals surface area (Å²) in [5.41, 5.74) is 2.48. The van der Waals surface area contributed by atoms with E-state index in [2.05, 4.69) is 19.6 Å². The number of unbranched alkanes of at least 4 members (excludes halogenated alkanes) is 2. The molecule has 0 aliphatic heterocycles. The Morgan fingerprint density at radius 3 is 2.46 bits per heavy atom. The average molecular weight is 377 g/mol. The van der Waals surface area contributed by atoms with E-state index in [1.807, 2.05) is 6.07 Å². The first-order valence-corrected chi connectivity index (χ1v) is 9.20. The lowest BCUT2D eigenvalue weighted by molar-refractivity contribution is -0.138. The van der Waals surface area contributed by atoms with E-state index in [-0.39, 0.29) is 12.4 Å². The predicted molar refractivity (Wildman–Crippen MR) is 106 cm³/mol. The van der Waals surface area contributed by atoms with Crippen molar-refractivity contribution in [2.45, 2.75) is 39.2 Å². The Labute approximate surface area is 165 Å². The van der Waals surface area contributed by atoms with Crippen molar-refractivity contribution < 1.29 is 19.1 Å². The van der Waals surface area contributed by atoms with Gasteiger partial charge < -0.3 is 9.47 Å². The van der Waals surface area contributed by atoms with Crippen molar-refractivity contribution in [1.29, 1.82) is 5.26 Å². The van der Waals surface area contributed by atoms with E-state index in [9.17, 15) is 14.9 Å². The molecule has 0 bridgehead atoms. The molecule has 0 aliphatic rings. The zero-order chi connectivity index (χ0) is 20.4. The topological polar surface area (TPSA) is 76.4 Å². The summed E-state index contributed by atoms with van der Waals surface area (Å²) in [4.78, 5) is 23.5. The van der Waals surface area contributed by atoms with Crippen molar-refractivity contribution in [2.75, 3.05) is 0 Å². The fraction of sp³-hybridized carbons (Fsp3) is 0.261. The maximum Gasteiger partial charge on any atom is 0.343 e. The predicted octanol–water partition coefficient (Wildman–Crippen LogP) is 4.74. The first kappa shape index (κ1) is 20.9. The number of ether oxygens (including phenoxy) is 2. The first-order chi connectivity index (χ1) is 13.6. The third-order valence-corrected chi connectivity index (χ3v) is 4.17. The third-order valence-electron chi connectivity index (χ3n) is 4.17. The third kappa shape index (κ3) is 6.10. The fourth-order valence-electron chi connectivity index (χ4n) is 2.60. The number of esters is 2. The Morgan fingerprint density at radius 2 is 1.82 bits per heavy atom. The van der Waals surface area contributed by atoms with Gasteiger partial charge in [-0.1, -0.05) is 44.5 Å². The summed E-state index contributed by atoms with van der Waals surface area (Å²) in [7, 11) is 0. The normalized spacial score (nSPS) is 10.0. The van der Waals surface area contributed by atoms with E-state index in [0.717, 1.165) is 42.9 Å². The largest absolute Gasteiger partial charge is 0.458 e. The summed E-state index contributed by atoms with van der Waals surface area (Å²) < 4.78 is 10.3. The van der Waals surface area contributed by atoms with Crippen LogP contribution in [-0.2, 0) is 22.6 Å². The SMILES string of the molecule is C=CC(=O)OCc1ccc(C(=O)Oc2ccc(CCCCC)cc2C#N)cc1. The highest BCUT2D eigenvalue weighted by Gasteiger charge is 2.13. The molecule has 0 heterocycles. The van der Waals surface area contributed by atoms with Gasteiger partial charge in [0.05, 0.1) is 11.1 Å². The molecule has 2 aromatic rings. The van der Waals surface area contributed by atoms with Gasteiger partial charge >= 0.3 is 11.9 Å². The van der Waals surface area contributed by atoms with Crippen LogP contribution in [0.3, 0.4) is 0 Å². The van der Waals surface area contributed by atoms with Crippen molar-refractivity contribution >= 4 is 11.9 Å². The summed E-state index contributed by atoms with van der Waals surface area (Å²) in [6, 6.07) is 13.9. The molecule has 28 heavy (non-hydrogen) atoms. The van der Waals surface area contributed by atoms with Crippen LogP contribution in [0.4, 0.5) is 0 Å². The number of carbonyl (C=O) groups excluding carboxylic acids is 2. The number of nitrogens with zero attached hydrogens (tertiary/aromatic N) is 1. The Morgan fingerprint density at radius 1 is 1.11 bits per heavy atom. The number of aryl methyl sites for hydroxylation is 1. The Balaban J connectivity index is 2.02. The van der Waals surface area contributed by atoms with Crippen molar-refractivity contribution in [1.82, 2.24) is 0 Å². The summed E-state index contributed by atoms with van der Waals surface area (Å²) in [5.74, 6) is -0.814. The average Bonchev–Trinajstić information content (AvgIpc) is 2.73. The summed E-state index contributed by atoms with van der Waals surface area (Å²) in [6.07, 6.45) is 5.33. The number of benzene rings is 2. The van der Waals surface area contributed by atoms with Crippen LogP contribution >= 0.6 is 0 Å².